The standard InChI is InChI=1S/C9H7IN4O/c10-6-2-1-3-7(4-6)13-14-8(5-11)9(12)15/h1-4,8H,(H2,12,15). The molecule has 1 amide bonds. The van der Waals surface area contributed by atoms with Crippen LogP contribution in [0.15, 0.2) is 34.5 Å². The molecule has 0 fully saturated rings. The molecule has 0 aliphatic carbocycles. The Bertz CT molecular complexity index is 438. The van der Waals surface area contributed by atoms with E-state index in [9.17, 15) is 4.79 Å². The van der Waals surface area contributed by atoms with Gasteiger partial charge < -0.3 is 5.73 Å². The summed E-state index contributed by atoms with van der Waals surface area (Å²) in [5.74, 6) is -0.799. The first-order valence-electron chi connectivity index (χ1n) is 3.99. The third-order valence-electron chi connectivity index (χ3n) is 1.49. The predicted octanol–water partition coefficient (Wildman–Crippen LogP) is 1.75. The number of azo groups is 1. The number of hydrogen-bond donors (Lipinski definition) is 1. The maximum absolute atomic E-state index is 10.7. The minimum atomic E-state index is -1.22. The first-order chi connectivity index (χ1) is 7.13. The molecule has 1 rings (SSSR count). The van der Waals surface area contributed by atoms with Gasteiger partial charge in [0.1, 0.15) is 6.07 Å². The zero-order valence-electron chi connectivity index (χ0n) is 7.59. The van der Waals surface area contributed by atoms with Crippen molar-refractivity contribution in [1.82, 2.24) is 0 Å². The Morgan fingerprint density at radius 3 is 2.87 bits per heavy atom. The lowest BCUT2D eigenvalue weighted by Gasteiger charge is -1.96. The fourth-order valence-electron chi connectivity index (χ4n) is 0.809. The van der Waals surface area contributed by atoms with Crippen LogP contribution in [0, 0.1) is 14.9 Å². The van der Waals surface area contributed by atoms with E-state index in [0.29, 0.717) is 5.69 Å². The summed E-state index contributed by atoms with van der Waals surface area (Å²) in [4.78, 5) is 10.7. The summed E-state index contributed by atoms with van der Waals surface area (Å²) in [5, 5.41) is 15.8. The van der Waals surface area contributed by atoms with E-state index in [2.05, 4.69) is 32.8 Å². The van der Waals surface area contributed by atoms with Gasteiger partial charge in [0.25, 0.3) is 5.91 Å². The molecule has 0 saturated carbocycles. The van der Waals surface area contributed by atoms with Gasteiger partial charge in [0.05, 0.1) is 5.69 Å². The minimum absolute atomic E-state index is 0.586. The molecule has 0 aromatic heterocycles. The van der Waals surface area contributed by atoms with E-state index in [0.717, 1.165) is 3.57 Å². The van der Waals surface area contributed by atoms with Crippen molar-refractivity contribution in [3.05, 3.63) is 27.8 Å². The molecule has 0 saturated heterocycles. The molecule has 76 valence electrons. The lowest BCUT2D eigenvalue weighted by atomic mass is 10.3. The Morgan fingerprint density at radius 1 is 1.60 bits per heavy atom. The van der Waals surface area contributed by atoms with Crippen LogP contribution in [0.5, 0.6) is 0 Å². The number of nitrogens with zero attached hydrogens (tertiary/aromatic N) is 3. The van der Waals surface area contributed by atoms with Crippen LogP contribution in [-0.2, 0) is 4.79 Å². The zero-order chi connectivity index (χ0) is 11.3. The van der Waals surface area contributed by atoms with Gasteiger partial charge in [0, 0.05) is 3.57 Å². The van der Waals surface area contributed by atoms with Crippen LogP contribution >= 0.6 is 22.6 Å². The molecule has 0 heterocycles. The molecule has 1 aromatic rings. The summed E-state index contributed by atoms with van der Waals surface area (Å²) < 4.78 is 0.997. The first-order valence-corrected chi connectivity index (χ1v) is 5.06. The van der Waals surface area contributed by atoms with Crippen LogP contribution in [0.4, 0.5) is 5.69 Å². The third-order valence-corrected chi connectivity index (χ3v) is 2.16. The first kappa shape index (κ1) is 11.6. The van der Waals surface area contributed by atoms with Gasteiger partial charge >= 0.3 is 0 Å². The normalized spacial score (nSPS) is 12.3. The van der Waals surface area contributed by atoms with E-state index >= 15 is 0 Å². The molecule has 15 heavy (non-hydrogen) atoms. The Labute approximate surface area is 100 Å². The second-order valence-corrected chi connectivity index (χ2v) is 3.87. The highest BCUT2D eigenvalue weighted by Crippen LogP contribution is 2.16. The van der Waals surface area contributed by atoms with Crippen molar-refractivity contribution in [2.24, 2.45) is 16.0 Å². The van der Waals surface area contributed by atoms with Crippen molar-refractivity contribution < 1.29 is 4.79 Å². The maximum Gasteiger partial charge on any atom is 0.258 e. The molecule has 6 heteroatoms. The quantitative estimate of drug-likeness (QED) is 0.680. The number of halogens is 1. The van der Waals surface area contributed by atoms with Crippen LogP contribution in [0.25, 0.3) is 0 Å². The van der Waals surface area contributed by atoms with Gasteiger partial charge in [-0.1, -0.05) is 6.07 Å². The van der Waals surface area contributed by atoms with Gasteiger partial charge in [-0.3, -0.25) is 4.79 Å². The van der Waals surface area contributed by atoms with E-state index in [1.807, 2.05) is 12.1 Å². The van der Waals surface area contributed by atoms with Gasteiger partial charge in [-0.25, -0.2) is 0 Å². The van der Waals surface area contributed by atoms with Crippen molar-refractivity contribution in [2.45, 2.75) is 6.04 Å². The Hall–Kier alpha value is -1.49. The fourth-order valence-corrected chi connectivity index (χ4v) is 1.34. The van der Waals surface area contributed by atoms with Crippen molar-refractivity contribution in [2.75, 3.05) is 0 Å². The highest BCUT2D eigenvalue weighted by Gasteiger charge is 2.11. The van der Waals surface area contributed by atoms with Crippen LogP contribution in [0.2, 0.25) is 0 Å². The number of nitriles is 1. The van der Waals surface area contributed by atoms with Gasteiger partial charge in [-0.15, -0.1) is 0 Å². The number of rotatable bonds is 3. The number of benzene rings is 1. The van der Waals surface area contributed by atoms with Gasteiger partial charge in [0.2, 0.25) is 6.04 Å². The van der Waals surface area contributed by atoms with Crippen molar-refractivity contribution in [1.29, 1.82) is 5.26 Å². The number of carbonyl (C=O) groups excluding carboxylic acids is 1. The molecule has 1 aromatic carbocycles. The van der Waals surface area contributed by atoms with E-state index in [4.69, 9.17) is 11.0 Å². The van der Waals surface area contributed by atoms with Crippen molar-refractivity contribution in [3.8, 4) is 6.07 Å². The number of nitrogens with two attached hydrogens (primary N) is 1. The second kappa shape index (κ2) is 5.41. The van der Waals surface area contributed by atoms with Crippen LogP contribution < -0.4 is 5.73 Å². The summed E-state index contributed by atoms with van der Waals surface area (Å²) in [6.07, 6.45) is 0. The molecule has 0 aliphatic rings. The average Bonchev–Trinajstić information content (AvgIpc) is 2.18. The van der Waals surface area contributed by atoms with Crippen LogP contribution in [0.1, 0.15) is 0 Å². The van der Waals surface area contributed by atoms with E-state index < -0.39 is 11.9 Å². The predicted molar refractivity (Wildman–Crippen MR) is 62.3 cm³/mol. The molecule has 0 spiro atoms. The second-order valence-electron chi connectivity index (χ2n) is 2.63. The highest BCUT2D eigenvalue weighted by atomic mass is 127. The number of amides is 1. The summed E-state index contributed by atoms with van der Waals surface area (Å²) in [5.41, 5.74) is 5.51. The topological polar surface area (TPSA) is 91.6 Å². The van der Waals surface area contributed by atoms with E-state index in [-0.39, 0.29) is 0 Å². The molecule has 2 N–H and O–H groups in total. The van der Waals surface area contributed by atoms with Crippen molar-refractivity contribution in [3.63, 3.8) is 0 Å². The number of primary amides is 1. The third kappa shape index (κ3) is 3.63. The smallest absolute Gasteiger partial charge is 0.258 e. The monoisotopic (exact) mass is 314 g/mol. The zero-order valence-corrected chi connectivity index (χ0v) is 9.75. The molecule has 5 nitrogen and oxygen atoms in total. The SMILES string of the molecule is N#CC(N=Nc1cccc(I)c1)C(N)=O. The van der Waals surface area contributed by atoms with Crippen LogP contribution in [0.3, 0.4) is 0 Å². The van der Waals surface area contributed by atoms with Crippen molar-refractivity contribution >= 4 is 34.2 Å². The summed E-state index contributed by atoms with van der Waals surface area (Å²) in [6.45, 7) is 0. The molecule has 0 radical (unpaired) electrons. The average molecular weight is 314 g/mol. The molecular weight excluding hydrogens is 307 g/mol. The van der Waals surface area contributed by atoms with Gasteiger partial charge in [0.15, 0.2) is 0 Å². The largest absolute Gasteiger partial charge is 0.367 e. The summed E-state index contributed by atoms with van der Waals surface area (Å²) in [7, 11) is 0. The molecule has 1 unspecified atom stereocenters. The number of hydrogen-bond acceptors (Lipinski definition) is 4. The van der Waals surface area contributed by atoms with E-state index in [1.165, 1.54) is 0 Å². The molecule has 0 aliphatic heterocycles. The number of carbonyl (C=O) groups is 1. The molecular formula is C9H7IN4O. The van der Waals surface area contributed by atoms with Gasteiger partial charge in [-0.2, -0.15) is 15.5 Å². The maximum atomic E-state index is 10.7. The summed E-state index contributed by atoms with van der Waals surface area (Å²) in [6, 6.07) is 7.64. The Kier molecular flexibility index (Phi) is 4.17. The van der Waals surface area contributed by atoms with Crippen LogP contribution in [-0.4, -0.2) is 11.9 Å². The minimum Gasteiger partial charge on any atom is -0.367 e. The Balaban J connectivity index is 2.82. The lowest BCUT2D eigenvalue weighted by molar-refractivity contribution is -0.118. The van der Waals surface area contributed by atoms with E-state index in [1.54, 1.807) is 18.2 Å². The lowest BCUT2D eigenvalue weighted by Crippen LogP contribution is -2.24. The summed E-state index contributed by atoms with van der Waals surface area (Å²) >= 11 is 2.13. The van der Waals surface area contributed by atoms with Gasteiger partial charge in [-0.05, 0) is 40.8 Å². The fraction of sp³-hybridized carbons (Fsp3) is 0.111. The Morgan fingerprint density at radius 2 is 2.33 bits per heavy atom. The highest BCUT2D eigenvalue weighted by molar-refractivity contribution is 14.1. The molecule has 1 atom stereocenters. The molecule has 0 bridgehead atoms.